The molecule has 1 aliphatic carbocycles. The number of imidazole rings is 1. The molecule has 0 bridgehead atoms. The van der Waals surface area contributed by atoms with Gasteiger partial charge in [-0.15, -0.1) is 12.4 Å². The summed E-state index contributed by atoms with van der Waals surface area (Å²) in [6, 6.07) is 8.47. The van der Waals surface area contributed by atoms with E-state index in [9.17, 15) is 4.79 Å². The van der Waals surface area contributed by atoms with E-state index in [2.05, 4.69) is 45.6 Å². The molecule has 128 valence electrons. The zero-order valence-electron chi connectivity index (χ0n) is 13.9. The van der Waals surface area contributed by atoms with Crippen LogP contribution in [-0.2, 0) is 4.79 Å². The lowest BCUT2D eigenvalue weighted by molar-refractivity contribution is -0.132. The molecule has 0 atom stereocenters. The van der Waals surface area contributed by atoms with Crippen molar-refractivity contribution in [1.82, 2.24) is 14.5 Å². The first-order chi connectivity index (χ1) is 11.2. The van der Waals surface area contributed by atoms with Crippen LogP contribution in [0.1, 0.15) is 18.4 Å². The van der Waals surface area contributed by atoms with Gasteiger partial charge in [0.1, 0.15) is 0 Å². The van der Waals surface area contributed by atoms with Crippen molar-refractivity contribution in [3.05, 3.63) is 42.2 Å². The fourth-order valence-corrected chi connectivity index (χ4v) is 3.15. The summed E-state index contributed by atoms with van der Waals surface area (Å²) in [5.41, 5.74) is 2.38. The Balaban J connectivity index is 0.00000169. The Morgan fingerprint density at radius 1 is 1.08 bits per heavy atom. The molecule has 1 amide bonds. The molecule has 0 spiro atoms. The van der Waals surface area contributed by atoms with E-state index in [-0.39, 0.29) is 12.4 Å². The van der Waals surface area contributed by atoms with Crippen molar-refractivity contribution in [3.63, 3.8) is 0 Å². The average molecular weight is 347 g/mol. The number of rotatable bonds is 3. The van der Waals surface area contributed by atoms with Crippen LogP contribution < -0.4 is 4.90 Å². The van der Waals surface area contributed by atoms with Gasteiger partial charge >= 0.3 is 0 Å². The molecule has 2 aliphatic rings. The third-order valence-corrected chi connectivity index (χ3v) is 4.73. The Morgan fingerprint density at radius 3 is 2.38 bits per heavy atom. The monoisotopic (exact) mass is 346 g/mol. The molecule has 1 aliphatic heterocycles. The van der Waals surface area contributed by atoms with Gasteiger partial charge in [-0.1, -0.05) is 17.7 Å². The molecule has 5 nitrogen and oxygen atoms in total. The second kappa shape index (κ2) is 6.85. The standard InChI is InChI=1S/C18H22N4O.ClH/c1-14-2-6-16(7-3-14)22-9-8-19-18(22)21-12-10-20(11-13-21)17(23)15-4-5-15;/h2-3,6-9,15H,4-5,10-13H2,1H3;1H. The van der Waals surface area contributed by atoms with Gasteiger partial charge in [-0.3, -0.25) is 9.36 Å². The zero-order valence-corrected chi connectivity index (χ0v) is 14.7. The summed E-state index contributed by atoms with van der Waals surface area (Å²) in [4.78, 5) is 21.0. The number of amides is 1. The molecular weight excluding hydrogens is 324 g/mol. The van der Waals surface area contributed by atoms with Crippen molar-refractivity contribution in [2.45, 2.75) is 19.8 Å². The van der Waals surface area contributed by atoms with Gasteiger partial charge in [0.15, 0.2) is 0 Å². The highest BCUT2D eigenvalue weighted by atomic mass is 35.5. The van der Waals surface area contributed by atoms with Crippen molar-refractivity contribution < 1.29 is 4.79 Å². The maximum absolute atomic E-state index is 12.2. The molecule has 4 rings (SSSR count). The molecule has 1 saturated heterocycles. The van der Waals surface area contributed by atoms with Crippen LogP contribution >= 0.6 is 12.4 Å². The third-order valence-electron chi connectivity index (χ3n) is 4.73. The SMILES string of the molecule is Cc1ccc(-n2ccnc2N2CCN(C(=O)C3CC3)CC2)cc1.Cl. The summed E-state index contributed by atoms with van der Waals surface area (Å²) in [6.07, 6.45) is 6.01. The predicted octanol–water partition coefficient (Wildman–Crippen LogP) is 2.66. The number of benzene rings is 1. The third kappa shape index (κ3) is 3.26. The van der Waals surface area contributed by atoms with Gasteiger partial charge in [0, 0.05) is 50.2 Å². The molecule has 1 aromatic heterocycles. The van der Waals surface area contributed by atoms with Crippen molar-refractivity contribution in [2.24, 2.45) is 5.92 Å². The Hall–Kier alpha value is -2.01. The summed E-state index contributed by atoms with van der Waals surface area (Å²) in [6.45, 7) is 5.39. The fraction of sp³-hybridized carbons (Fsp3) is 0.444. The fourth-order valence-electron chi connectivity index (χ4n) is 3.15. The van der Waals surface area contributed by atoms with Crippen molar-refractivity contribution >= 4 is 24.3 Å². The summed E-state index contributed by atoms with van der Waals surface area (Å²) in [5.74, 6) is 1.63. The molecule has 1 aromatic carbocycles. The van der Waals surface area contributed by atoms with E-state index >= 15 is 0 Å². The van der Waals surface area contributed by atoms with Crippen molar-refractivity contribution in [1.29, 1.82) is 0 Å². The van der Waals surface area contributed by atoms with Gasteiger partial charge in [-0.2, -0.15) is 0 Å². The van der Waals surface area contributed by atoms with Gasteiger partial charge < -0.3 is 9.80 Å². The van der Waals surface area contributed by atoms with E-state index in [4.69, 9.17) is 0 Å². The van der Waals surface area contributed by atoms with E-state index in [0.29, 0.717) is 11.8 Å². The average Bonchev–Trinajstić information content (AvgIpc) is 3.32. The molecule has 0 unspecified atom stereocenters. The van der Waals surface area contributed by atoms with Crippen LogP contribution in [0.2, 0.25) is 0 Å². The lowest BCUT2D eigenvalue weighted by atomic mass is 10.2. The second-order valence-corrected chi connectivity index (χ2v) is 6.52. The largest absolute Gasteiger partial charge is 0.339 e. The van der Waals surface area contributed by atoms with E-state index in [1.54, 1.807) is 0 Å². The maximum atomic E-state index is 12.2. The predicted molar refractivity (Wildman–Crippen MR) is 97.1 cm³/mol. The Morgan fingerprint density at radius 2 is 1.75 bits per heavy atom. The Bertz CT molecular complexity index is 700. The van der Waals surface area contributed by atoms with Crippen LogP contribution in [0.3, 0.4) is 0 Å². The Kier molecular flexibility index (Phi) is 4.81. The summed E-state index contributed by atoms with van der Waals surface area (Å²) >= 11 is 0. The van der Waals surface area contributed by atoms with Crippen LogP contribution in [0.5, 0.6) is 0 Å². The van der Waals surface area contributed by atoms with Gasteiger partial charge in [-0.05, 0) is 31.9 Å². The molecular formula is C18H23ClN4O. The number of aromatic nitrogens is 2. The minimum absolute atomic E-state index is 0. The number of hydrogen-bond donors (Lipinski definition) is 0. The first-order valence-corrected chi connectivity index (χ1v) is 8.36. The van der Waals surface area contributed by atoms with Crippen molar-refractivity contribution in [3.8, 4) is 5.69 Å². The number of piperazine rings is 1. The zero-order chi connectivity index (χ0) is 15.8. The first-order valence-electron chi connectivity index (χ1n) is 8.36. The molecule has 0 N–H and O–H groups in total. The smallest absolute Gasteiger partial charge is 0.225 e. The van der Waals surface area contributed by atoms with Gasteiger partial charge in [0.2, 0.25) is 11.9 Å². The molecule has 24 heavy (non-hydrogen) atoms. The minimum Gasteiger partial charge on any atom is -0.339 e. The number of hydrogen-bond acceptors (Lipinski definition) is 3. The molecule has 2 fully saturated rings. The van der Waals surface area contributed by atoms with Gasteiger partial charge in [-0.25, -0.2) is 4.98 Å². The van der Waals surface area contributed by atoms with Gasteiger partial charge in [0.05, 0.1) is 0 Å². The summed E-state index contributed by atoms with van der Waals surface area (Å²) < 4.78 is 2.12. The van der Waals surface area contributed by atoms with E-state index in [1.807, 2.05) is 17.3 Å². The molecule has 2 heterocycles. The molecule has 1 saturated carbocycles. The van der Waals surface area contributed by atoms with E-state index in [0.717, 1.165) is 50.7 Å². The number of aryl methyl sites for hydroxylation is 1. The summed E-state index contributed by atoms with van der Waals surface area (Å²) in [5, 5.41) is 0. The number of carbonyl (C=O) groups is 1. The highest BCUT2D eigenvalue weighted by molar-refractivity contribution is 5.85. The topological polar surface area (TPSA) is 41.4 Å². The second-order valence-electron chi connectivity index (χ2n) is 6.52. The quantitative estimate of drug-likeness (QED) is 0.858. The maximum Gasteiger partial charge on any atom is 0.225 e. The van der Waals surface area contributed by atoms with Crippen LogP contribution in [0.15, 0.2) is 36.7 Å². The van der Waals surface area contributed by atoms with E-state index < -0.39 is 0 Å². The van der Waals surface area contributed by atoms with Crippen LogP contribution in [0.25, 0.3) is 5.69 Å². The lowest BCUT2D eigenvalue weighted by Crippen LogP contribution is -2.49. The number of anilines is 1. The molecule has 0 radical (unpaired) electrons. The first kappa shape index (κ1) is 16.8. The van der Waals surface area contributed by atoms with Crippen LogP contribution in [0.4, 0.5) is 5.95 Å². The molecule has 2 aromatic rings. The lowest BCUT2D eigenvalue weighted by Gasteiger charge is -2.35. The van der Waals surface area contributed by atoms with Crippen LogP contribution in [-0.4, -0.2) is 46.5 Å². The molecule has 6 heteroatoms. The van der Waals surface area contributed by atoms with Gasteiger partial charge in [0.25, 0.3) is 0 Å². The van der Waals surface area contributed by atoms with Crippen molar-refractivity contribution in [2.75, 3.05) is 31.1 Å². The summed E-state index contributed by atoms with van der Waals surface area (Å²) in [7, 11) is 0. The Labute approximate surface area is 148 Å². The van der Waals surface area contributed by atoms with Crippen LogP contribution in [0, 0.1) is 12.8 Å². The number of nitrogens with zero attached hydrogens (tertiary/aromatic N) is 4. The highest BCUT2D eigenvalue weighted by Crippen LogP contribution is 2.31. The minimum atomic E-state index is 0. The number of halogens is 1. The number of carbonyl (C=O) groups excluding carboxylic acids is 1. The highest BCUT2D eigenvalue weighted by Gasteiger charge is 2.35. The normalized spacial score (nSPS) is 17.5. The van der Waals surface area contributed by atoms with E-state index in [1.165, 1.54) is 5.56 Å².